The molecular weight excluding hydrogens is 412 g/mol. The van der Waals surface area contributed by atoms with Gasteiger partial charge in [0.2, 0.25) is 0 Å². The summed E-state index contributed by atoms with van der Waals surface area (Å²) in [5, 5.41) is 0.512. The van der Waals surface area contributed by atoms with Crippen LogP contribution in [0.4, 0.5) is 0 Å². The highest BCUT2D eigenvalue weighted by atomic mass is 32.1. The van der Waals surface area contributed by atoms with Crippen LogP contribution in [-0.2, 0) is 25.8 Å². The van der Waals surface area contributed by atoms with Crippen LogP contribution in [0.1, 0.15) is 68.4 Å². The van der Waals surface area contributed by atoms with E-state index in [2.05, 4.69) is 15.8 Å². The van der Waals surface area contributed by atoms with Gasteiger partial charge in [-0.25, -0.2) is 4.98 Å². The molecule has 2 amide bonds. The second kappa shape index (κ2) is 8.26. The summed E-state index contributed by atoms with van der Waals surface area (Å²) in [6, 6.07) is 6.78. The van der Waals surface area contributed by atoms with Gasteiger partial charge in [0.05, 0.1) is 15.8 Å². The van der Waals surface area contributed by atoms with E-state index in [1.807, 2.05) is 6.07 Å². The Morgan fingerprint density at radius 3 is 2.65 bits per heavy atom. The monoisotopic (exact) mass is 436 g/mol. The smallest absolute Gasteiger partial charge is 0.279 e. The van der Waals surface area contributed by atoms with Crippen molar-refractivity contribution in [2.24, 2.45) is 0 Å². The Labute approximate surface area is 183 Å². The summed E-state index contributed by atoms with van der Waals surface area (Å²) < 4.78 is 1.78. The molecule has 1 aliphatic heterocycles. The molecular formula is C23H24N4O3S. The van der Waals surface area contributed by atoms with Crippen LogP contribution in [0, 0.1) is 0 Å². The van der Waals surface area contributed by atoms with Gasteiger partial charge in [-0.1, -0.05) is 12.8 Å². The lowest BCUT2D eigenvalue weighted by Crippen LogP contribution is -2.41. The minimum atomic E-state index is -0.437. The molecule has 0 bridgehead atoms. The average molecular weight is 437 g/mol. The van der Waals surface area contributed by atoms with Crippen molar-refractivity contribution >= 4 is 34.1 Å². The summed E-state index contributed by atoms with van der Waals surface area (Å²) in [5.41, 5.74) is 7.04. The van der Waals surface area contributed by atoms with Gasteiger partial charge in [-0.05, 0) is 61.9 Å². The summed E-state index contributed by atoms with van der Waals surface area (Å²) >= 11 is 1.49. The highest BCUT2D eigenvalue weighted by molar-refractivity contribution is 7.14. The maximum atomic E-state index is 12.9. The molecule has 0 atom stereocenters. The second-order valence-corrected chi connectivity index (χ2v) is 9.34. The number of hydrogen-bond acceptors (Lipinski definition) is 5. The van der Waals surface area contributed by atoms with E-state index in [4.69, 9.17) is 0 Å². The third kappa shape index (κ3) is 3.87. The number of nitrogens with one attached hydrogen (secondary N) is 2. The number of hydrazine groups is 1. The Kier molecular flexibility index (Phi) is 5.31. The van der Waals surface area contributed by atoms with Crippen molar-refractivity contribution < 1.29 is 9.59 Å². The van der Waals surface area contributed by atoms with Crippen LogP contribution in [-0.4, -0.2) is 21.4 Å². The number of aryl methyl sites for hydroxylation is 3. The highest BCUT2D eigenvalue weighted by Crippen LogP contribution is 2.30. The molecule has 1 aromatic carbocycles. The van der Waals surface area contributed by atoms with Crippen molar-refractivity contribution in [3.05, 3.63) is 61.3 Å². The predicted octanol–water partition coefficient (Wildman–Crippen LogP) is 3.14. The topological polar surface area (TPSA) is 93.1 Å². The summed E-state index contributed by atoms with van der Waals surface area (Å²) in [7, 11) is 0. The van der Waals surface area contributed by atoms with Crippen molar-refractivity contribution in [1.82, 2.24) is 20.4 Å². The van der Waals surface area contributed by atoms with E-state index in [0.717, 1.165) is 57.2 Å². The Morgan fingerprint density at radius 2 is 1.77 bits per heavy atom. The molecule has 7 nitrogen and oxygen atoms in total. The van der Waals surface area contributed by atoms with Crippen LogP contribution < -0.4 is 16.4 Å². The largest absolute Gasteiger partial charge is 0.296 e. The van der Waals surface area contributed by atoms with E-state index in [0.29, 0.717) is 27.9 Å². The third-order valence-electron chi connectivity index (χ3n) is 6.09. The number of aromatic nitrogens is 2. The van der Waals surface area contributed by atoms with Gasteiger partial charge < -0.3 is 0 Å². The number of carbonyl (C=O) groups excluding carboxylic acids is 2. The SMILES string of the molecule is O=C(NNC(=O)c1cc2c(s1)CCC2)c1ccc2c(=O)n3c(nc2c1)CCCCCC3. The third-order valence-corrected chi connectivity index (χ3v) is 7.32. The number of thiophene rings is 1. The van der Waals surface area contributed by atoms with Crippen molar-refractivity contribution in [2.75, 3.05) is 0 Å². The Hall–Kier alpha value is -3.00. The molecule has 0 radical (unpaired) electrons. The Balaban J connectivity index is 1.34. The molecule has 2 aliphatic rings. The molecule has 1 aliphatic carbocycles. The summed E-state index contributed by atoms with van der Waals surface area (Å²) in [4.78, 5) is 44.5. The molecule has 5 rings (SSSR count). The van der Waals surface area contributed by atoms with E-state index in [1.165, 1.54) is 21.8 Å². The number of fused-ring (bicyclic) bond motifs is 3. The van der Waals surface area contributed by atoms with Gasteiger partial charge >= 0.3 is 0 Å². The number of benzene rings is 1. The average Bonchev–Trinajstić information content (AvgIpc) is 3.35. The van der Waals surface area contributed by atoms with Crippen molar-refractivity contribution in [3.63, 3.8) is 0 Å². The molecule has 31 heavy (non-hydrogen) atoms. The Morgan fingerprint density at radius 1 is 0.935 bits per heavy atom. The summed E-state index contributed by atoms with van der Waals surface area (Å²) in [6.45, 7) is 0.692. The molecule has 3 heterocycles. The molecule has 0 unspecified atom stereocenters. The maximum Gasteiger partial charge on any atom is 0.279 e. The minimum absolute atomic E-state index is 0.0482. The van der Waals surface area contributed by atoms with Crippen LogP contribution >= 0.6 is 11.3 Å². The predicted molar refractivity (Wildman–Crippen MR) is 119 cm³/mol. The minimum Gasteiger partial charge on any atom is -0.296 e. The van der Waals surface area contributed by atoms with Gasteiger partial charge in [-0.15, -0.1) is 11.3 Å². The lowest BCUT2D eigenvalue weighted by molar-refractivity contribution is 0.0849. The van der Waals surface area contributed by atoms with Gasteiger partial charge in [0.1, 0.15) is 5.82 Å². The first-order valence-electron chi connectivity index (χ1n) is 10.9. The highest BCUT2D eigenvalue weighted by Gasteiger charge is 2.19. The molecule has 160 valence electrons. The first kappa shape index (κ1) is 19.9. The zero-order valence-corrected chi connectivity index (χ0v) is 18.0. The van der Waals surface area contributed by atoms with Crippen LogP contribution in [0.2, 0.25) is 0 Å². The summed E-state index contributed by atoms with van der Waals surface area (Å²) in [5.74, 6) is 0.0353. The fraction of sp³-hybridized carbons (Fsp3) is 0.391. The second-order valence-electron chi connectivity index (χ2n) is 8.20. The maximum absolute atomic E-state index is 12.9. The molecule has 2 N–H and O–H groups in total. The quantitative estimate of drug-likeness (QED) is 0.604. The number of amides is 2. The van der Waals surface area contributed by atoms with Crippen molar-refractivity contribution in [1.29, 1.82) is 0 Å². The molecule has 3 aromatic rings. The van der Waals surface area contributed by atoms with Crippen LogP contribution in [0.25, 0.3) is 10.9 Å². The molecule has 0 saturated heterocycles. The lowest BCUT2D eigenvalue weighted by atomic mass is 10.1. The molecule has 0 saturated carbocycles. The van der Waals surface area contributed by atoms with Crippen LogP contribution in [0.5, 0.6) is 0 Å². The number of carbonyl (C=O) groups is 2. The van der Waals surface area contributed by atoms with Gasteiger partial charge in [0, 0.05) is 23.4 Å². The number of nitrogens with zero attached hydrogens (tertiary/aromatic N) is 2. The van der Waals surface area contributed by atoms with E-state index >= 15 is 0 Å². The molecule has 8 heteroatoms. The molecule has 0 spiro atoms. The van der Waals surface area contributed by atoms with Crippen LogP contribution in [0.15, 0.2) is 29.1 Å². The molecule has 0 fully saturated rings. The van der Waals surface area contributed by atoms with Gasteiger partial charge in [0.25, 0.3) is 17.4 Å². The fourth-order valence-corrected chi connectivity index (χ4v) is 5.57. The summed E-state index contributed by atoms with van der Waals surface area (Å²) in [6.07, 6.45) is 8.20. The first-order chi connectivity index (χ1) is 15.1. The standard InChI is InChI=1S/C23H24N4O3S/c28-21(25-26-22(29)19-13-14-6-5-7-18(14)31-19)15-9-10-16-17(12-15)24-20-8-3-1-2-4-11-27(20)23(16)30/h9-10,12-13H,1-8,11H2,(H,25,28)(H,26,29). The van der Waals surface area contributed by atoms with Crippen molar-refractivity contribution in [2.45, 2.75) is 57.9 Å². The van der Waals surface area contributed by atoms with Gasteiger partial charge in [-0.3, -0.25) is 29.8 Å². The Bertz CT molecular complexity index is 1220. The van der Waals surface area contributed by atoms with E-state index in [-0.39, 0.29) is 11.5 Å². The first-order valence-corrected chi connectivity index (χ1v) is 11.7. The zero-order chi connectivity index (χ0) is 21.4. The number of rotatable bonds is 2. The van der Waals surface area contributed by atoms with Crippen molar-refractivity contribution in [3.8, 4) is 0 Å². The van der Waals surface area contributed by atoms with Crippen LogP contribution in [0.3, 0.4) is 0 Å². The normalized spacial score (nSPS) is 15.6. The lowest BCUT2D eigenvalue weighted by Gasteiger charge is -2.16. The molecule has 2 aromatic heterocycles. The van der Waals surface area contributed by atoms with E-state index < -0.39 is 5.91 Å². The fourth-order valence-electron chi connectivity index (χ4n) is 4.42. The van der Waals surface area contributed by atoms with Gasteiger partial charge in [0.15, 0.2) is 0 Å². The van der Waals surface area contributed by atoms with Gasteiger partial charge in [-0.2, -0.15) is 0 Å². The van der Waals surface area contributed by atoms with E-state index in [9.17, 15) is 14.4 Å². The van der Waals surface area contributed by atoms with E-state index in [1.54, 1.807) is 22.8 Å². The zero-order valence-electron chi connectivity index (χ0n) is 17.2. The number of hydrogen-bond donors (Lipinski definition) is 2.